The molecular weight excluding hydrogens is 366 g/mol. The molecule has 0 aliphatic rings. The molecule has 0 amide bonds. The van der Waals surface area contributed by atoms with Gasteiger partial charge < -0.3 is 21.2 Å². The second-order valence-corrected chi connectivity index (χ2v) is 6.74. The van der Waals surface area contributed by atoms with Gasteiger partial charge in [0.1, 0.15) is 11.4 Å². The highest BCUT2D eigenvalue weighted by Crippen LogP contribution is 2.31. The van der Waals surface area contributed by atoms with Gasteiger partial charge in [-0.2, -0.15) is 4.98 Å². The molecule has 2 aromatic heterocycles. The lowest BCUT2D eigenvalue weighted by Gasteiger charge is -2.09. The van der Waals surface area contributed by atoms with Crippen LogP contribution in [0.25, 0.3) is 28.0 Å². The number of fused-ring (bicyclic) bond motifs is 1. The number of nitrogens with two attached hydrogens (primary N) is 2. The molecule has 7 nitrogen and oxygen atoms in total. The number of rotatable bonds is 7. The molecule has 29 heavy (non-hydrogen) atoms. The summed E-state index contributed by atoms with van der Waals surface area (Å²) < 4.78 is 7.40. The fraction of sp³-hybridized carbons (Fsp3) is 0.182. The van der Waals surface area contributed by atoms with Crippen molar-refractivity contribution in [2.45, 2.75) is 13.0 Å². The Morgan fingerprint density at radius 2 is 1.86 bits per heavy atom. The Bertz CT molecular complexity index is 1180. The van der Waals surface area contributed by atoms with Crippen LogP contribution in [0, 0.1) is 0 Å². The van der Waals surface area contributed by atoms with Gasteiger partial charge >= 0.3 is 5.69 Å². The number of H-pyrrole nitrogens is 1. The monoisotopic (exact) mass is 389 g/mol. The number of hydrogen-bond acceptors (Lipinski definition) is 5. The fourth-order valence-corrected chi connectivity index (χ4v) is 3.20. The summed E-state index contributed by atoms with van der Waals surface area (Å²) in [6.07, 6.45) is 2.57. The highest BCUT2D eigenvalue weighted by molar-refractivity contribution is 5.84. The topological polar surface area (TPSA) is 112 Å². The Labute approximate surface area is 168 Å². The first-order valence-electron chi connectivity index (χ1n) is 9.53. The van der Waals surface area contributed by atoms with Crippen molar-refractivity contribution in [3.05, 3.63) is 76.8 Å². The summed E-state index contributed by atoms with van der Waals surface area (Å²) in [4.78, 5) is 20.0. The maximum Gasteiger partial charge on any atom is 0.354 e. The van der Waals surface area contributed by atoms with Crippen molar-refractivity contribution in [3.8, 4) is 22.7 Å². The average Bonchev–Trinajstić information content (AvgIpc) is 3.16. The summed E-state index contributed by atoms with van der Waals surface area (Å²) in [5.41, 5.74) is 14.9. The van der Waals surface area contributed by atoms with Crippen LogP contribution in [0.4, 0.5) is 0 Å². The first-order chi connectivity index (χ1) is 14.2. The zero-order valence-corrected chi connectivity index (χ0v) is 16.0. The van der Waals surface area contributed by atoms with Crippen molar-refractivity contribution in [1.29, 1.82) is 0 Å². The number of aromatic amines is 1. The lowest BCUT2D eigenvalue weighted by Crippen LogP contribution is -2.20. The van der Waals surface area contributed by atoms with Crippen molar-refractivity contribution in [2.24, 2.45) is 11.5 Å². The predicted molar refractivity (Wildman–Crippen MR) is 114 cm³/mol. The van der Waals surface area contributed by atoms with E-state index in [9.17, 15) is 4.79 Å². The van der Waals surface area contributed by atoms with Gasteiger partial charge in [0.05, 0.1) is 18.0 Å². The Hall–Kier alpha value is -3.42. The maximum atomic E-state index is 12.5. The zero-order valence-electron chi connectivity index (χ0n) is 16.0. The third-order valence-corrected chi connectivity index (χ3v) is 4.74. The predicted octanol–water partition coefficient (Wildman–Crippen LogP) is 2.57. The van der Waals surface area contributed by atoms with Crippen LogP contribution < -0.4 is 21.9 Å². The first kappa shape index (κ1) is 18.9. The van der Waals surface area contributed by atoms with Crippen molar-refractivity contribution < 1.29 is 4.74 Å². The Morgan fingerprint density at radius 1 is 1.07 bits per heavy atom. The van der Waals surface area contributed by atoms with Gasteiger partial charge in [-0.25, -0.2) is 4.79 Å². The quantitative estimate of drug-likeness (QED) is 0.421. The molecule has 0 fully saturated rings. The minimum atomic E-state index is -0.348. The SMILES string of the molecule is NCCCOc1ccccc1-c1cc2cn(-c3ccc(CN)cc3)c(=O)nc2[nH]1. The molecule has 0 atom stereocenters. The summed E-state index contributed by atoms with van der Waals surface area (Å²) in [6.45, 7) is 1.59. The number of ether oxygens (including phenoxy) is 1. The van der Waals surface area contributed by atoms with Gasteiger partial charge in [0.25, 0.3) is 0 Å². The third-order valence-electron chi connectivity index (χ3n) is 4.74. The molecule has 0 spiro atoms. The van der Waals surface area contributed by atoms with Gasteiger partial charge in [-0.15, -0.1) is 0 Å². The molecule has 4 rings (SSSR count). The molecule has 0 saturated heterocycles. The molecule has 0 bridgehead atoms. The van der Waals surface area contributed by atoms with Crippen LogP contribution in [0.15, 0.2) is 65.6 Å². The van der Waals surface area contributed by atoms with E-state index in [1.165, 1.54) is 4.57 Å². The molecule has 0 aliphatic heterocycles. The summed E-state index contributed by atoms with van der Waals surface area (Å²) in [5, 5.41) is 0.833. The van der Waals surface area contributed by atoms with E-state index in [0.717, 1.165) is 40.1 Å². The van der Waals surface area contributed by atoms with Crippen molar-refractivity contribution >= 4 is 11.0 Å². The summed E-state index contributed by atoms with van der Waals surface area (Å²) in [6, 6.07) is 17.3. The largest absolute Gasteiger partial charge is 0.493 e. The maximum absolute atomic E-state index is 12.5. The van der Waals surface area contributed by atoms with Crippen LogP contribution >= 0.6 is 0 Å². The summed E-state index contributed by atoms with van der Waals surface area (Å²) in [5.74, 6) is 0.764. The van der Waals surface area contributed by atoms with Gasteiger partial charge in [-0.05, 0) is 48.9 Å². The number of benzene rings is 2. The molecule has 5 N–H and O–H groups in total. The van der Waals surface area contributed by atoms with Gasteiger partial charge in [-0.1, -0.05) is 24.3 Å². The highest BCUT2D eigenvalue weighted by Gasteiger charge is 2.12. The second kappa shape index (κ2) is 8.30. The van der Waals surface area contributed by atoms with E-state index in [1.807, 2.05) is 54.6 Å². The van der Waals surface area contributed by atoms with E-state index in [4.69, 9.17) is 16.2 Å². The molecule has 148 valence electrons. The normalized spacial score (nSPS) is 11.1. The molecule has 0 saturated carbocycles. The number of hydrogen-bond donors (Lipinski definition) is 3. The van der Waals surface area contributed by atoms with E-state index < -0.39 is 0 Å². The fourth-order valence-electron chi connectivity index (χ4n) is 3.20. The Kier molecular flexibility index (Phi) is 5.41. The zero-order chi connectivity index (χ0) is 20.2. The lowest BCUT2D eigenvalue weighted by molar-refractivity contribution is 0.314. The lowest BCUT2D eigenvalue weighted by atomic mass is 10.1. The van der Waals surface area contributed by atoms with Crippen molar-refractivity contribution in [3.63, 3.8) is 0 Å². The molecule has 2 heterocycles. The minimum Gasteiger partial charge on any atom is -0.493 e. The average molecular weight is 389 g/mol. The van der Waals surface area contributed by atoms with Crippen LogP contribution in [-0.2, 0) is 6.54 Å². The smallest absolute Gasteiger partial charge is 0.354 e. The third kappa shape index (κ3) is 3.91. The van der Waals surface area contributed by atoms with Crippen LogP contribution in [0.1, 0.15) is 12.0 Å². The molecule has 0 unspecified atom stereocenters. The van der Waals surface area contributed by atoms with E-state index in [2.05, 4.69) is 9.97 Å². The Morgan fingerprint density at radius 3 is 2.62 bits per heavy atom. The van der Waals surface area contributed by atoms with Crippen LogP contribution in [0.5, 0.6) is 5.75 Å². The standard InChI is InChI=1S/C22H23N5O2/c23-10-3-11-29-20-5-2-1-4-18(20)19-12-16-14-27(22(28)26-21(16)25-19)17-8-6-15(13-24)7-9-17/h1-2,4-9,12,14H,3,10-11,13,23-24H2,(H,25,26,28). The van der Waals surface area contributed by atoms with E-state index in [0.29, 0.717) is 25.3 Å². The van der Waals surface area contributed by atoms with Gasteiger partial charge in [0, 0.05) is 23.7 Å². The number of aromatic nitrogens is 3. The second-order valence-electron chi connectivity index (χ2n) is 6.74. The first-order valence-corrected chi connectivity index (χ1v) is 9.53. The minimum absolute atomic E-state index is 0.348. The molecule has 0 radical (unpaired) electrons. The Balaban J connectivity index is 1.73. The highest BCUT2D eigenvalue weighted by atomic mass is 16.5. The van der Waals surface area contributed by atoms with Gasteiger partial charge in [-0.3, -0.25) is 4.57 Å². The number of para-hydroxylation sites is 1. The molecular formula is C22H23N5O2. The number of nitrogens with zero attached hydrogens (tertiary/aromatic N) is 2. The number of nitrogens with one attached hydrogen (secondary N) is 1. The van der Waals surface area contributed by atoms with E-state index in [1.54, 1.807) is 6.20 Å². The van der Waals surface area contributed by atoms with Crippen LogP contribution in [0.2, 0.25) is 0 Å². The van der Waals surface area contributed by atoms with Gasteiger partial charge in [0.2, 0.25) is 0 Å². The molecule has 0 aliphatic carbocycles. The van der Waals surface area contributed by atoms with Gasteiger partial charge in [0.15, 0.2) is 0 Å². The van der Waals surface area contributed by atoms with E-state index >= 15 is 0 Å². The van der Waals surface area contributed by atoms with Crippen LogP contribution in [-0.4, -0.2) is 27.7 Å². The molecule has 4 aromatic rings. The molecule has 2 aromatic carbocycles. The van der Waals surface area contributed by atoms with E-state index in [-0.39, 0.29) is 5.69 Å². The van der Waals surface area contributed by atoms with Crippen molar-refractivity contribution in [1.82, 2.24) is 14.5 Å². The summed E-state index contributed by atoms with van der Waals surface area (Å²) in [7, 11) is 0. The van der Waals surface area contributed by atoms with Crippen LogP contribution in [0.3, 0.4) is 0 Å². The van der Waals surface area contributed by atoms with Crippen molar-refractivity contribution in [2.75, 3.05) is 13.2 Å². The molecule has 7 heteroatoms. The summed E-state index contributed by atoms with van der Waals surface area (Å²) >= 11 is 0.